The number of benzene rings is 1. The molecule has 28 heavy (non-hydrogen) atoms. The van der Waals surface area contributed by atoms with Gasteiger partial charge in [0, 0.05) is 30.4 Å². The minimum absolute atomic E-state index is 0.0132. The average Bonchev–Trinajstić information content (AvgIpc) is 3.47. The molecule has 0 radical (unpaired) electrons. The van der Waals surface area contributed by atoms with E-state index in [1.54, 1.807) is 0 Å². The Bertz CT molecular complexity index is 1010. The lowest BCUT2D eigenvalue weighted by atomic mass is 9.95. The number of nitrogens with zero attached hydrogens (tertiary/aromatic N) is 5. The van der Waals surface area contributed by atoms with Gasteiger partial charge in [-0.1, -0.05) is 35.5 Å². The van der Waals surface area contributed by atoms with Crippen LogP contribution in [0, 0.1) is 0 Å². The average molecular weight is 377 g/mol. The highest BCUT2D eigenvalue weighted by atomic mass is 16.5. The van der Waals surface area contributed by atoms with Crippen molar-refractivity contribution >= 4 is 5.91 Å². The van der Waals surface area contributed by atoms with Crippen LogP contribution in [0.3, 0.4) is 0 Å². The molecule has 1 fully saturated rings. The molecule has 3 heterocycles. The van der Waals surface area contributed by atoms with Crippen molar-refractivity contribution in [2.45, 2.75) is 44.6 Å². The summed E-state index contributed by atoms with van der Waals surface area (Å²) in [5.41, 5.74) is 3.84. The lowest BCUT2D eigenvalue weighted by molar-refractivity contribution is 0.0702. The van der Waals surface area contributed by atoms with Gasteiger partial charge in [-0.25, -0.2) is 0 Å². The normalized spacial score (nSPS) is 19.0. The Morgan fingerprint density at radius 2 is 1.96 bits per heavy atom. The highest BCUT2D eigenvalue weighted by Crippen LogP contribution is 2.34. The van der Waals surface area contributed by atoms with Gasteiger partial charge in [-0.2, -0.15) is 10.1 Å². The Labute approximate surface area is 163 Å². The Morgan fingerprint density at radius 1 is 1.14 bits per heavy atom. The van der Waals surface area contributed by atoms with Gasteiger partial charge in [0.2, 0.25) is 11.7 Å². The van der Waals surface area contributed by atoms with E-state index in [1.165, 1.54) is 5.69 Å². The van der Waals surface area contributed by atoms with Crippen molar-refractivity contribution in [3.63, 3.8) is 0 Å². The van der Waals surface area contributed by atoms with Crippen molar-refractivity contribution in [2.75, 3.05) is 6.54 Å². The Morgan fingerprint density at radius 3 is 2.82 bits per heavy atom. The van der Waals surface area contributed by atoms with Crippen molar-refractivity contribution in [2.24, 2.45) is 7.05 Å². The second-order valence-electron chi connectivity index (χ2n) is 7.58. The summed E-state index contributed by atoms with van der Waals surface area (Å²) >= 11 is 0. The molecule has 1 amide bonds. The van der Waals surface area contributed by atoms with Crippen molar-refractivity contribution in [3.8, 4) is 11.4 Å². The number of carbonyl (C=O) groups is 1. The van der Waals surface area contributed by atoms with E-state index in [2.05, 4.69) is 15.2 Å². The van der Waals surface area contributed by atoms with Crippen LogP contribution in [-0.4, -0.2) is 37.3 Å². The zero-order valence-corrected chi connectivity index (χ0v) is 16.0. The molecule has 7 heteroatoms. The third kappa shape index (κ3) is 2.82. The summed E-state index contributed by atoms with van der Waals surface area (Å²) in [7, 11) is 1.94. The number of aryl methyl sites for hydroxylation is 1. The summed E-state index contributed by atoms with van der Waals surface area (Å²) < 4.78 is 7.44. The maximum absolute atomic E-state index is 13.4. The van der Waals surface area contributed by atoms with Crippen LogP contribution in [0.25, 0.3) is 11.4 Å². The maximum atomic E-state index is 13.4. The number of likely N-dealkylation sites (tertiary alicyclic amines) is 1. The van der Waals surface area contributed by atoms with E-state index in [1.807, 2.05) is 47.0 Å². The SMILES string of the molecule is Cn1nc(C(=O)N2CCC[C@@H]2c2nc(-c3ccccc3)no2)c2c1CCCC2. The van der Waals surface area contributed by atoms with Crippen LogP contribution in [0.4, 0.5) is 0 Å². The predicted octanol–water partition coefficient (Wildman–Crippen LogP) is 3.33. The van der Waals surface area contributed by atoms with Crippen LogP contribution in [0.5, 0.6) is 0 Å². The molecular formula is C21H23N5O2. The van der Waals surface area contributed by atoms with Gasteiger partial charge in [-0.3, -0.25) is 9.48 Å². The summed E-state index contributed by atoms with van der Waals surface area (Å²) in [5.74, 6) is 1.06. The number of amides is 1. The highest BCUT2D eigenvalue weighted by Gasteiger charge is 2.37. The number of aromatic nitrogens is 4. The molecule has 144 valence electrons. The fourth-order valence-electron chi connectivity index (χ4n) is 4.42. The summed E-state index contributed by atoms with van der Waals surface area (Å²) in [6, 6.07) is 9.56. The van der Waals surface area contributed by atoms with Crippen molar-refractivity contribution in [1.29, 1.82) is 0 Å². The molecule has 1 aliphatic carbocycles. The van der Waals surface area contributed by atoms with Gasteiger partial charge in [0.05, 0.1) is 0 Å². The van der Waals surface area contributed by atoms with Crippen molar-refractivity contribution in [3.05, 3.63) is 53.2 Å². The van der Waals surface area contributed by atoms with Crippen LogP contribution in [0.2, 0.25) is 0 Å². The molecule has 0 spiro atoms. The molecule has 2 aromatic heterocycles. The Balaban J connectivity index is 1.43. The van der Waals surface area contributed by atoms with Crippen LogP contribution < -0.4 is 0 Å². The molecule has 0 unspecified atom stereocenters. The van der Waals surface area contributed by atoms with Gasteiger partial charge >= 0.3 is 0 Å². The van der Waals surface area contributed by atoms with Crippen molar-refractivity contribution < 1.29 is 9.32 Å². The van der Waals surface area contributed by atoms with E-state index in [4.69, 9.17) is 4.52 Å². The molecule has 1 aliphatic heterocycles. The first-order valence-electron chi connectivity index (χ1n) is 9.97. The topological polar surface area (TPSA) is 77.1 Å². The molecule has 0 bridgehead atoms. The molecule has 1 saturated heterocycles. The third-order valence-electron chi connectivity index (χ3n) is 5.84. The maximum Gasteiger partial charge on any atom is 0.275 e. The monoisotopic (exact) mass is 377 g/mol. The summed E-state index contributed by atoms with van der Waals surface area (Å²) in [6.07, 6.45) is 5.97. The zero-order chi connectivity index (χ0) is 19.1. The fourth-order valence-corrected chi connectivity index (χ4v) is 4.42. The zero-order valence-electron chi connectivity index (χ0n) is 16.0. The smallest absolute Gasteiger partial charge is 0.275 e. The molecule has 0 N–H and O–H groups in total. The second-order valence-corrected chi connectivity index (χ2v) is 7.58. The van der Waals surface area contributed by atoms with E-state index in [0.717, 1.165) is 49.7 Å². The summed E-state index contributed by atoms with van der Waals surface area (Å²) in [6.45, 7) is 0.692. The van der Waals surface area contributed by atoms with E-state index in [0.29, 0.717) is 24.0 Å². The molecule has 5 rings (SSSR count). The number of fused-ring (bicyclic) bond motifs is 1. The van der Waals surface area contributed by atoms with E-state index in [-0.39, 0.29) is 11.9 Å². The van der Waals surface area contributed by atoms with Gasteiger partial charge in [-0.05, 0) is 38.5 Å². The van der Waals surface area contributed by atoms with Gasteiger partial charge in [0.25, 0.3) is 5.91 Å². The van der Waals surface area contributed by atoms with Crippen LogP contribution in [-0.2, 0) is 19.9 Å². The van der Waals surface area contributed by atoms with Gasteiger partial charge in [-0.15, -0.1) is 0 Å². The van der Waals surface area contributed by atoms with E-state index < -0.39 is 0 Å². The molecular weight excluding hydrogens is 354 g/mol. The largest absolute Gasteiger partial charge is 0.337 e. The molecule has 7 nitrogen and oxygen atoms in total. The summed E-state index contributed by atoms with van der Waals surface area (Å²) in [4.78, 5) is 19.8. The quantitative estimate of drug-likeness (QED) is 0.700. The highest BCUT2D eigenvalue weighted by molar-refractivity contribution is 5.94. The minimum atomic E-state index is -0.182. The number of carbonyl (C=O) groups excluding carboxylic acids is 1. The molecule has 2 aliphatic rings. The van der Waals surface area contributed by atoms with Crippen LogP contribution in [0.15, 0.2) is 34.9 Å². The number of rotatable bonds is 3. The first kappa shape index (κ1) is 17.2. The van der Waals surface area contributed by atoms with E-state index >= 15 is 0 Å². The van der Waals surface area contributed by atoms with Gasteiger partial charge < -0.3 is 9.42 Å². The Kier molecular flexibility index (Phi) is 4.22. The van der Waals surface area contributed by atoms with Gasteiger partial charge in [0.1, 0.15) is 6.04 Å². The standard InChI is InChI=1S/C21H23N5O2/c1-25-16-11-6-5-10-15(16)18(23-25)21(27)26-13-7-12-17(26)20-22-19(24-28-20)14-8-3-2-4-9-14/h2-4,8-9,17H,5-7,10-13H2,1H3/t17-/m1/s1. The molecule has 0 saturated carbocycles. The lowest BCUT2D eigenvalue weighted by Crippen LogP contribution is -2.32. The number of hydrogen-bond acceptors (Lipinski definition) is 5. The molecule has 1 atom stereocenters. The molecule has 3 aromatic rings. The van der Waals surface area contributed by atoms with E-state index in [9.17, 15) is 4.79 Å². The third-order valence-corrected chi connectivity index (χ3v) is 5.84. The fraction of sp³-hybridized carbons (Fsp3) is 0.429. The predicted molar refractivity (Wildman–Crippen MR) is 103 cm³/mol. The van der Waals surface area contributed by atoms with Crippen LogP contribution >= 0.6 is 0 Å². The lowest BCUT2D eigenvalue weighted by Gasteiger charge is -2.22. The first-order chi connectivity index (χ1) is 13.7. The second kappa shape index (κ2) is 6.89. The van der Waals surface area contributed by atoms with Crippen LogP contribution in [0.1, 0.15) is 59.4 Å². The molecule has 1 aromatic carbocycles. The summed E-state index contributed by atoms with van der Waals surface area (Å²) in [5, 5.41) is 8.70. The Hall–Kier alpha value is -2.96. The van der Waals surface area contributed by atoms with Gasteiger partial charge in [0.15, 0.2) is 5.69 Å². The number of hydrogen-bond donors (Lipinski definition) is 0. The first-order valence-corrected chi connectivity index (χ1v) is 9.97. The minimum Gasteiger partial charge on any atom is -0.337 e. The van der Waals surface area contributed by atoms with Crippen molar-refractivity contribution in [1.82, 2.24) is 24.8 Å².